The molecule has 17 heavy (non-hydrogen) atoms. The van der Waals surface area contributed by atoms with Gasteiger partial charge in [0.05, 0.1) is 0 Å². The number of carbonyl (C=O) groups is 1. The molecule has 1 heterocycles. The van der Waals surface area contributed by atoms with Crippen molar-refractivity contribution in [3.05, 3.63) is 0 Å². The average Bonchev–Trinajstić information content (AvgIpc) is 2.38. The molecule has 0 bridgehead atoms. The number of piperidine rings is 1. The van der Waals surface area contributed by atoms with Gasteiger partial charge in [-0.1, -0.05) is 6.92 Å². The molecule has 1 fully saturated rings. The third-order valence-corrected chi connectivity index (χ3v) is 3.54. The maximum absolute atomic E-state index is 11.5. The van der Waals surface area contributed by atoms with E-state index in [2.05, 4.69) is 16.9 Å². The van der Waals surface area contributed by atoms with Gasteiger partial charge in [0, 0.05) is 39.1 Å². The Morgan fingerprint density at radius 3 is 2.65 bits per heavy atom. The Bertz CT molecular complexity index is 257. The van der Waals surface area contributed by atoms with E-state index in [1.54, 1.807) is 0 Å². The van der Waals surface area contributed by atoms with Crippen molar-refractivity contribution in [1.82, 2.24) is 9.80 Å². The predicted molar refractivity (Wildman–Crippen MR) is 71.6 cm³/mol. The second kappa shape index (κ2) is 7.43. The molecule has 0 aromatic carbocycles. The molecule has 4 heteroatoms. The van der Waals surface area contributed by atoms with Crippen LogP contribution in [0.5, 0.6) is 0 Å². The molecule has 1 saturated heterocycles. The SMILES string of the molecule is CCC(=O)N1CCC(N(C)CC/C=N\C)CC1. The lowest BCUT2D eigenvalue weighted by molar-refractivity contribution is -0.132. The highest BCUT2D eigenvalue weighted by Gasteiger charge is 2.23. The molecule has 0 aromatic heterocycles. The first-order valence-electron chi connectivity index (χ1n) is 6.57. The second-order valence-electron chi connectivity index (χ2n) is 4.68. The Labute approximate surface area is 105 Å². The van der Waals surface area contributed by atoms with Crippen LogP contribution in [-0.2, 0) is 4.79 Å². The van der Waals surface area contributed by atoms with Gasteiger partial charge in [-0.2, -0.15) is 0 Å². The van der Waals surface area contributed by atoms with Crippen LogP contribution < -0.4 is 0 Å². The number of hydrogen-bond acceptors (Lipinski definition) is 3. The smallest absolute Gasteiger partial charge is 0.222 e. The fourth-order valence-electron chi connectivity index (χ4n) is 2.35. The van der Waals surface area contributed by atoms with Gasteiger partial charge in [-0.05, 0) is 32.5 Å². The van der Waals surface area contributed by atoms with Crippen LogP contribution in [0.2, 0.25) is 0 Å². The summed E-state index contributed by atoms with van der Waals surface area (Å²) in [5.74, 6) is 0.296. The molecular formula is C13H25N3O. The second-order valence-corrected chi connectivity index (χ2v) is 4.68. The lowest BCUT2D eigenvalue weighted by Crippen LogP contribution is -2.45. The van der Waals surface area contributed by atoms with Gasteiger partial charge in [-0.15, -0.1) is 0 Å². The summed E-state index contributed by atoms with van der Waals surface area (Å²) in [7, 11) is 3.99. The normalized spacial score (nSPS) is 18.2. The van der Waals surface area contributed by atoms with Gasteiger partial charge < -0.3 is 14.8 Å². The molecule has 0 radical (unpaired) electrons. The van der Waals surface area contributed by atoms with Gasteiger partial charge in [-0.3, -0.25) is 4.79 Å². The van der Waals surface area contributed by atoms with E-state index in [-0.39, 0.29) is 0 Å². The van der Waals surface area contributed by atoms with Crippen LogP contribution in [0, 0.1) is 0 Å². The van der Waals surface area contributed by atoms with Crippen LogP contribution >= 0.6 is 0 Å². The maximum atomic E-state index is 11.5. The van der Waals surface area contributed by atoms with Crippen molar-refractivity contribution in [3.63, 3.8) is 0 Å². The zero-order chi connectivity index (χ0) is 12.7. The number of hydrogen-bond donors (Lipinski definition) is 0. The van der Waals surface area contributed by atoms with E-state index in [4.69, 9.17) is 0 Å². The van der Waals surface area contributed by atoms with Gasteiger partial charge in [0.25, 0.3) is 0 Å². The molecule has 0 saturated carbocycles. The number of aliphatic imine (C=N–C) groups is 1. The van der Waals surface area contributed by atoms with Crippen molar-refractivity contribution in [2.45, 2.75) is 38.6 Å². The molecule has 0 atom stereocenters. The highest BCUT2D eigenvalue weighted by atomic mass is 16.2. The van der Waals surface area contributed by atoms with Crippen molar-refractivity contribution < 1.29 is 4.79 Å². The summed E-state index contributed by atoms with van der Waals surface area (Å²) in [6.45, 7) is 4.83. The fourth-order valence-corrected chi connectivity index (χ4v) is 2.35. The molecule has 0 aliphatic carbocycles. The maximum Gasteiger partial charge on any atom is 0.222 e. The zero-order valence-corrected chi connectivity index (χ0v) is 11.4. The molecule has 1 aliphatic rings. The summed E-state index contributed by atoms with van der Waals surface area (Å²) in [5.41, 5.74) is 0. The number of amides is 1. The minimum atomic E-state index is 0.296. The van der Waals surface area contributed by atoms with Gasteiger partial charge in [0.15, 0.2) is 0 Å². The number of likely N-dealkylation sites (tertiary alicyclic amines) is 1. The quantitative estimate of drug-likeness (QED) is 0.680. The average molecular weight is 239 g/mol. The molecule has 1 aliphatic heterocycles. The number of rotatable bonds is 5. The summed E-state index contributed by atoms with van der Waals surface area (Å²) in [5, 5.41) is 0. The Morgan fingerprint density at radius 1 is 1.47 bits per heavy atom. The van der Waals surface area contributed by atoms with Gasteiger partial charge in [0.1, 0.15) is 0 Å². The van der Waals surface area contributed by atoms with Crippen LogP contribution in [0.4, 0.5) is 0 Å². The lowest BCUT2D eigenvalue weighted by atomic mass is 10.0. The molecule has 0 N–H and O–H groups in total. The topological polar surface area (TPSA) is 35.9 Å². The molecule has 98 valence electrons. The molecule has 0 spiro atoms. The Hall–Kier alpha value is -0.900. The van der Waals surface area contributed by atoms with E-state index in [0.717, 1.165) is 38.9 Å². The first-order chi connectivity index (χ1) is 8.19. The van der Waals surface area contributed by atoms with E-state index >= 15 is 0 Å². The molecule has 0 aromatic rings. The van der Waals surface area contributed by atoms with Gasteiger partial charge in [-0.25, -0.2) is 0 Å². The Morgan fingerprint density at radius 2 is 2.12 bits per heavy atom. The van der Waals surface area contributed by atoms with Crippen LogP contribution in [0.3, 0.4) is 0 Å². The van der Waals surface area contributed by atoms with E-state index in [0.29, 0.717) is 18.4 Å². The highest BCUT2D eigenvalue weighted by molar-refractivity contribution is 5.75. The number of nitrogens with zero attached hydrogens (tertiary/aromatic N) is 3. The summed E-state index contributed by atoms with van der Waals surface area (Å²) in [4.78, 5) is 19.9. The highest BCUT2D eigenvalue weighted by Crippen LogP contribution is 2.16. The number of carbonyl (C=O) groups excluding carboxylic acids is 1. The van der Waals surface area contributed by atoms with Crippen molar-refractivity contribution in [2.75, 3.05) is 33.7 Å². The summed E-state index contributed by atoms with van der Waals surface area (Å²) >= 11 is 0. The summed E-state index contributed by atoms with van der Waals surface area (Å²) in [6, 6.07) is 0.626. The van der Waals surface area contributed by atoms with Crippen molar-refractivity contribution in [1.29, 1.82) is 0 Å². The molecule has 1 amide bonds. The standard InChI is InChI=1S/C13H25N3O/c1-4-13(17)16-10-6-12(7-11-16)15(3)9-5-8-14-2/h8,12H,4-7,9-11H2,1-3H3/b14-8-. The molecule has 0 unspecified atom stereocenters. The van der Waals surface area contributed by atoms with Crippen molar-refractivity contribution >= 4 is 12.1 Å². The minimum absolute atomic E-state index is 0.296. The van der Waals surface area contributed by atoms with Gasteiger partial charge >= 0.3 is 0 Å². The first-order valence-corrected chi connectivity index (χ1v) is 6.57. The van der Waals surface area contributed by atoms with Crippen molar-refractivity contribution in [2.24, 2.45) is 4.99 Å². The third kappa shape index (κ3) is 4.46. The van der Waals surface area contributed by atoms with E-state index in [1.807, 2.05) is 25.1 Å². The predicted octanol–water partition coefficient (Wildman–Crippen LogP) is 1.41. The molecular weight excluding hydrogens is 214 g/mol. The van der Waals surface area contributed by atoms with E-state index < -0.39 is 0 Å². The molecule has 4 nitrogen and oxygen atoms in total. The monoisotopic (exact) mass is 239 g/mol. The van der Waals surface area contributed by atoms with E-state index in [9.17, 15) is 4.79 Å². The van der Waals surface area contributed by atoms with Gasteiger partial charge in [0.2, 0.25) is 5.91 Å². The Balaban J connectivity index is 2.28. The summed E-state index contributed by atoms with van der Waals surface area (Å²) < 4.78 is 0. The zero-order valence-electron chi connectivity index (χ0n) is 11.4. The largest absolute Gasteiger partial charge is 0.343 e. The fraction of sp³-hybridized carbons (Fsp3) is 0.846. The lowest BCUT2D eigenvalue weighted by Gasteiger charge is -2.36. The minimum Gasteiger partial charge on any atom is -0.343 e. The van der Waals surface area contributed by atoms with Crippen LogP contribution in [0.15, 0.2) is 4.99 Å². The first kappa shape index (κ1) is 14.2. The summed E-state index contributed by atoms with van der Waals surface area (Å²) in [6.07, 6.45) is 5.82. The third-order valence-electron chi connectivity index (χ3n) is 3.54. The Kier molecular flexibility index (Phi) is 6.19. The van der Waals surface area contributed by atoms with Crippen molar-refractivity contribution in [3.8, 4) is 0 Å². The van der Waals surface area contributed by atoms with Crippen LogP contribution in [0.25, 0.3) is 0 Å². The van der Waals surface area contributed by atoms with E-state index in [1.165, 1.54) is 0 Å². The van der Waals surface area contributed by atoms with Crippen LogP contribution in [-0.4, -0.2) is 61.7 Å². The molecule has 1 rings (SSSR count). The van der Waals surface area contributed by atoms with Crippen LogP contribution in [0.1, 0.15) is 32.6 Å².